The van der Waals surface area contributed by atoms with E-state index >= 15 is 0 Å². The fourth-order valence-corrected chi connectivity index (χ4v) is 0.786. The van der Waals surface area contributed by atoms with Gasteiger partial charge in [-0.05, 0) is 6.07 Å². The lowest BCUT2D eigenvalue weighted by Crippen LogP contribution is -2.15. The van der Waals surface area contributed by atoms with Crippen molar-refractivity contribution in [1.82, 2.24) is 15.3 Å². The number of hydrogen-bond donors (Lipinski definition) is 2. The molecule has 0 aliphatic heterocycles. The molecule has 0 saturated carbocycles. The van der Waals surface area contributed by atoms with E-state index in [2.05, 4.69) is 21.9 Å². The summed E-state index contributed by atoms with van der Waals surface area (Å²) in [5, 5.41) is 3.08. The zero-order chi connectivity index (χ0) is 8.81. The van der Waals surface area contributed by atoms with Gasteiger partial charge in [-0.2, -0.15) is 0 Å². The Morgan fingerprint density at radius 2 is 2.50 bits per heavy atom. The van der Waals surface area contributed by atoms with E-state index in [9.17, 15) is 0 Å². The summed E-state index contributed by atoms with van der Waals surface area (Å²) in [5.41, 5.74) is 5.46. The van der Waals surface area contributed by atoms with Gasteiger partial charge in [0, 0.05) is 12.7 Å². The number of nitrogen functional groups attached to an aromatic ring is 1. The van der Waals surface area contributed by atoms with Crippen LogP contribution >= 0.6 is 0 Å². The molecule has 0 fully saturated rings. The number of hydrogen-bond acceptors (Lipinski definition) is 4. The lowest BCUT2D eigenvalue weighted by Gasteiger charge is -2.00. The van der Waals surface area contributed by atoms with Gasteiger partial charge in [0.05, 0.1) is 6.54 Å². The fourth-order valence-electron chi connectivity index (χ4n) is 0.786. The third-order valence-corrected chi connectivity index (χ3v) is 1.30. The molecule has 4 nitrogen and oxygen atoms in total. The molecule has 0 atom stereocenters. The van der Waals surface area contributed by atoms with Crippen molar-refractivity contribution in [3.05, 3.63) is 30.7 Å². The van der Waals surface area contributed by atoms with Crippen LogP contribution in [-0.2, 0) is 6.54 Å². The van der Waals surface area contributed by atoms with E-state index in [0.29, 0.717) is 18.2 Å². The average Bonchev–Trinajstić information content (AvgIpc) is 2.05. The van der Waals surface area contributed by atoms with E-state index in [-0.39, 0.29) is 0 Å². The van der Waals surface area contributed by atoms with E-state index in [0.717, 1.165) is 6.54 Å². The van der Waals surface area contributed by atoms with Gasteiger partial charge >= 0.3 is 0 Å². The molecule has 0 bridgehead atoms. The Balaban J connectivity index is 2.46. The van der Waals surface area contributed by atoms with Gasteiger partial charge in [0.1, 0.15) is 11.6 Å². The predicted molar refractivity (Wildman–Crippen MR) is 48.3 cm³/mol. The lowest BCUT2D eigenvalue weighted by atomic mass is 10.5. The number of aromatic nitrogens is 2. The van der Waals surface area contributed by atoms with Gasteiger partial charge in [-0.1, -0.05) is 6.08 Å². The molecule has 0 saturated heterocycles. The summed E-state index contributed by atoms with van der Waals surface area (Å²) in [6, 6.07) is 1.66. The standard InChI is InChI=1S/C8H12N4/c1-2-4-10-6-8-11-5-3-7(9)12-8/h2-3,5,10H,1,4,6H2,(H2,9,11,12). The fraction of sp³-hybridized carbons (Fsp3) is 0.250. The topological polar surface area (TPSA) is 63.8 Å². The number of nitrogens with one attached hydrogen (secondary N) is 1. The van der Waals surface area contributed by atoms with Crippen molar-refractivity contribution in [3.63, 3.8) is 0 Å². The summed E-state index contributed by atoms with van der Waals surface area (Å²) in [6.45, 7) is 4.95. The second-order valence-electron chi connectivity index (χ2n) is 2.32. The van der Waals surface area contributed by atoms with Crippen molar-refractivity contribution in [2.75, 3.05) is 12.3 Å². The van der Waals surface area contributed by atoms with Crippen LogP contribution < -0.4 is 11.1 Å². The molecular formula is C8H12N4. The molecule has 0 aliphatic carbocycles. The van der Waals surface area contributed by atoms with Gasteiger partial charge in [-0.25, -0.2) is 9.97 Å². The smallest absolute Gasteiger partial charge is 0.144 e. The third-order valence-electron chi connectivity index (χ3n) is 1.30. The van der Waals surface area contributed by atoms with Crippen LogP contribution in [0.1, 0.15) is 5.82 Å². The summed E-state index contributed by atoms with van der Waals surface area (Å²) < 4.78 is 0. The molecule has 0 aromatic carbocycles. The zero-order valence-corrected chi connectivity index (χ0v) is 6.83. The molecule has 4 heteroatoms. The van der Waals surface area contributed by atoms with Crippen LogP contribution in [0.15, 0.2) is 24.9 Å². The van der Waals surface area contributed by atoms with Crippen LogP contribution in [0, 0.1) is 0 Å². The molecule has 0 amide bonds. The van der Waals surface area contributed by atoms with Gasteiger partial charge in [-0.15, -0.1) is 6.58 Å². The first-order valence-electron chi connectivity index (χ1n) is 3.72. The van der Waals surface area contributed by atoms with E-state index in [1.54, 1.807) is 18.3 Å². The van der Waals surface area contributed by atoms with E-state index in [1.807, 2.05) is 0 Å². The van der Waals surface area contributed by atoms with Crippen LogP contribution in [0.5, 0.6) is 0 Å². The summed E-state index contributed by atoms with van der Waals surface area (Å²) in [5.74, 6) is 1.21. The highest BCUT2D eigenvalue weighted by Crippen LogP contribution is 1.94. The van der Waals surface area contributed by atoms with Crippen molar-refractivity contribution < 1.29 is 0 Å². The maximum absolute atomic E-state index is 5.46. The van der Waals surface area contributed by atoms with Crippen LogP contribution in [0.3, 0.4) is 0 Å². The Morgan fingerprint density at radius 1 is 1.67 bits per heavy atom. The van der Waals surface area contributed by atoms with Crippen molar-refractivity contribution in [3.8, 4) is 0 Å². The molecule has 3 N–H and O–H groups in total. The molecule has 12 heavy (non-hydrogen) atoms. The van der Waals surface area contributed by atoms with Crippen LogP contribution in [0.2, 0.25) is 0 Å². The maximum atomic E-state index is 5.46. The Hall–Kier alpha value is -1.42. The number of rotatable bonds is 4. The minimum atomic E-state index is 0.500. The lowest BCUT2D eigenvalue weighted by molar-refractivity contribution is 0.717. The molecule has 0 unspecified atom stereocenters. The second kappa shape index (κ2) is 4.46. The summed E-state index contributed by atoms with van der Waals surface area (Å²) in [7, 11) is 0. The molecule has 1 heterocycles. The molecule has 1 aromatic rings. The Kier molecular flexibility index (Phi) is 3.22. The number of nitrogens with zero attached hydrogens (tertiary/aromatic N) is 2. The predicted octanol–water partition coefficient (Wildman–Crippen LogP) is 0.334. The number of nitrogens with two attached hydrogens (primary N) is 1. The molecule has 0 radical (unpaired) electrons. The van der Waals surface area contributed by atoms with Gasteiger partial charge in [0.2, 0.25) is 0 Å². The minimum absolute atomic E-state index is 0.500. The molecule has 1 aromatic heterocycles. The Morgan fingerprint density at radius 3 is 3.17 bits per heavy atom. The molecule has 1 rings (SSSR count). The Bertz CT molecular complexity index is 259. The van der Waals surface area contributed by atoms with E-state index in [1.165, 1.54) is 0 Å². The highest BCUT2D eigenvalue weighted by molar-refractivity contribution is 5.24. The van der Waals surface area contributed by atoms with Gasteiger partial charge < -0.3 is 11.1 Å². The van der Waals surface area contributed by atoms with Gasteiger partial charge in [-0.3, -0.25) is 0 Å². The first-order valence-corrected chi connectivity index (χ1v) is 3.72. The molecular weight excluding hydrogens is 152 g/mol. The summed E-state index contributed by atoms with van der Waals surface area (Å²) >= 11 is 0. The quantitative estimate of drug-likeness (QED) is 0.497. The van der Waals surface area contributed by atoms with Crippen LogP contribution in [0.25, 0.3) is 0 Å². The monoisotopic (exact) mass is 164 g/mol. The SMILES string of the molecule is C=CCNCc1nccc(N)n1. The van der Waals surface area contributed by atoms with E-state index < -0.39 is 0 Å². The Labute approximate surface area is 71.5 Å². The highest BCUT2D eigenvalue weighted by Gasteiger charge is 1.93. The van der Waals surface area contributed by atoms with Crippen LogP contribution in [0.4, 0.5) is 5.82 Å². The molecule has 0 spiro atoms. The summed E-state index contributed by atoms with van der Waals surface area (Å²) in [6.07, 6.45) is 3.43. The first-order chi connectivity index (χ1) is 5.83. The normalized spacial score (nSPS) is 9.67. The van der Waals surface area contributed by atoms with Crippen molar-refractivity contribution in [2.45, 2.75) is 6.54 Å². The first kappa shape index (κ1) is 8.67. The maximum Gasteiger partial charge on any atom is 0.144 e. The third kappa shape index (κ3) is 2.67. The van der Waals surface area contributed by atoms with Crippen LogP contribution in [-0.4, -0.2) is 16.5 Å². The van der Waals surface area contributed by atoms with Crippen molar-refractivity contribution >= 4 is 5.82 Å². The average molecular weight is 164 g/mol. The minimum Gasteiger partial charge on any atom is -0.384 e. The van der Waals surface area contributed by atoms with Crippen molar-refractivity contribution in [2.24, 2.45) is 0 Å². The molecule has 0 aliphatic rings. The second-order valence-corrected chi connectivity index (χ2v) is 2.32. The highest BCUT2D eigenvalue weighted by atomic mass is 15.0. The number of anilines is 1. The van der Waals surface area contributed by atoms with Crippen molar-refractivity contribution in [1.29, 1.82) is 0 Å². The van der Waals surface area contributed by atoms with Gasteiger partial charge in [0.15, 0.2) is 0 Å². The van der Waals surface area contributed by atoms with Gasteiger partial charge in [0.25, 0.3) is 0 Å². The summed E-state index contributed by atoms with van der Waals surface area (Å²) in [4.78, 5) is 8.04. The van der Waals surface area contributed by atoms with E-state index in [4.69, 9.17) is 5.73 Å². The zero-order valence-electron chi connectivity index (χ0n) is 6.83. The largest absolute Gasteiger partial charge is 0.384 e. The molecule has 64 valence electrons.